The zero-order valence-corrected chi connectivity index (χ0v) is 8.15. The summed E-state index contributed by atoms with van der Waals surface area (Å²) in [6.45, 7) is 1.68. The standard InChI is InChI=1S/C11H9NO3/c1-7-2-8(4-11(14)15)3-9(6-13)10(7)5-12/h2-3,6H,4H2,1H3,(H,14,15). The van der Waals surface area contributed by atoms with Gasteiger partial charge in [0, 0.05) is 5.56 Å². The van der Waals surface area contributed by atoms with E-state index < -0.39 is 5.97 Å². The molecule has 0 spiro atoms. The van der Waals surface area contributed by atoms with Gasteiger partial charge < -0.3 is 5.11 Å². The fourth-order valence-electron chi connectivity index (χ4n) is 1.41. The van der Waals surface area contributed by atoms with Crippen LogP contribution in [0.3, 0.4) is 0 Å². The molecule has 4 heteroatoms. The topological polar surface area (TPSA) is 78.2 Å². The van der Waals surface area contributed by atoms with Crippen LogP contribution in [0.1, 0.15) is 27.0 Å². The summed E-state index contributed by atoms with van der Waals surface area (Å²) in [4.78, 5) is 21.2. The first-order valence-corrected chi connectivity index (χ1v) is 4.29. The number of benzene rings is 1. The molecule has 0 bridgehead atoms. The molecule has 0 saturated carbocycles. The smallest absolute Gasteiger partial charge is 0.307 e. The molecular formula is C11H9NO3. The maximum absolute atomic E-state index is 10.7. The molecule has 0 aliphatic rings. The summed E-state index contributed by atoms with van der Waals surface area (Å²) < 4.78 is 0. The van der Waals surface area contributed by atoms with Crippen LogP contribution in [0.2, 0.25) is 0 Å². The summed E-state index contributed by atoms with van der Waals surface area (Å²) in [6.07, 6.45) is 0.421. The van der Waals surface area contributed by atoms with E-state index in [4.69, 9.17) is 10.4 Å². The predicted octanol–water partition coefficient (Wildman–Crippen LogP) is 1.31. The second kappa shape index (κ2) is 4.38. The van der Waals surface area contributed by atoms with Crippen molar-refractivity contribution in [1.82, 2.24) is 0 Å². The molecule has 0 saturated heterocycles. The van der Waals surface area contributed by atoms with Crippen LogP contribution >= 0.6 is 0 Å². The van der Waals surface area contributed by atoms with Gasteiger partial charge in [0.05, 0.1) is 12.0 Å². The van der Waals surface area contributed by atoms with E-state index in [1.165, 1.54) is 6.07 Å². The average molecular weight is 203 g/mol. The SMILES string of the molecule is Cc1cc(CC(=O)O)cc(C=O)c1C#N. The summed E-state index contributed by atoms with van der Waals surface area (Å²) in [5.74, 6) is -0.962. The van der Waals surface area contributed by atoms with Crippen molar-refractivity contribution in [3.05, 3.63) is 34.4 Å². The molecule has 0 aromatic heterocycles. The Hall–Kier alpha value is -2.15. The van der Waals surface area contributed by atoms with E-state index >= 15 is 0 Å². The summed E-state index contributed by atoms with van der Waals surface area (Å²) in [5.41, 5.74) is 1.70. The first-order chi connectivity index (χ1) is 7.08. The summed E-state index contributed by atoms with van der Waals surface area (Å²) in [6, 6.07) is 4.96. The number of aldehydes is 1. The van der Waals surface area contributed by atoms with Crippen molar-refractivity contribution in [3.8, 4) is 6.07 Å². The summed E-state index contributed by atoms with van der Waals surface area (Å²) >= 11 is 0. The Kier molecular flexibility index (Phi) is 3.19. The summed E-state index contributed by atoms with van der Waals surface area (Å²) in [7, 11) is 0. The van der Waals surface area contributed by atoms with E-state index in [9.17, 15) is 9.59 Å². The van der Waals surface area contributed by atoms with Crippen LogP contribution in [-0.4, -0.2) is 17.4 Å². The molecule has 4 nitrogen and oxygen atoms in total. The van der Waals surface area contributed by atoms with Crippen molar-refractivity contribution in [2.45, 2.75) is 13.3 Å². The number of hydrogen-bond acceptors (Lipinski definition) is 3. The molecule has 1 N–H and O–H groups in total. The monoisotopic (exact) mass is 203 g/mol. The van der Waals surface area contributed by atoms with Gasteiger partial charge >= 0.3 is 5.97 Å². The van der Waals surface area contributed by atoms with E-state index in [1.54, 1.807) is 13.0 Å². The Balaban J connectivity index is 3.26. The second-order valence-corrected chi connectivity index (χ2v) is 3.18. The third-order valence-corrected chi connectivity index (χ3v) is 2.02. The molecular weight excluding hydrogens is 194 g/mol. The number of carbonyl (C=O) groups is 2. The van der Waals surface area contributed by atoms with E-state index in [2.05, 4.69) is 0 Å². The number of aryl methyl sites for hydroxylation is 1. The molecule has 0 unspecified atom stereocenters. The van der Waals surface area contributed by atoms with Crippen molar-refractivity contribution < 1.29 is 14.7 Å². The minimum atomic E-state index is -0.962. The van der Waals surface area contributed by atoms with Gasteiger partial charge in [0.25, 0.3) is 0 Å². The predicted molar refractivity (Wildman–Crippen MR) is 52.6 cm³/mol. The third-order valence-electron chi connectivity index (χ3n) is 2.02. The molecule has 0 aliphatic heterocycles. The molecule has 1 rings (SSSR count). The molecule has 0 heterocycles. The Bertz CT molecular complexity index is 458. The highest BCUT2D eigenvalue weighted by Crippen LogP contribution is 2.15. The van der Waals surface area contributed by atoms with E-state index in [0.717, 1.165) is 0 Å². The van der Waals surface area contributed by atoms with Crippen LogP contribution in [0.25, 0.3) is 0 Å². The van der Waals surface area contributed by atoms with Crippen molar-refractivity contribution in [2.24, 2.45) is 0 Å². The van der Waals surface area contributed by atoms with Crippen LogP contribution in [0.15, 0.2) is 12.1 Å². The van der Waals surface area contributed by atoms with Crippen molar-refractivity contribution in [1.29, 1.82) is 5.26 Å². The minimum Gasteiger partial charge on any atom is -0.481 e. The summed E-state index contributed by atoms with van der Waals surface area (Å²) in [5, 5.41) is 17.4. The number of aliphatic carboxylic acids is 1. The van der Waals surface area contributed by atoms with Crippen LogP contribution in [-0.2, 0) is 11.2 Å². The molecule has 15 heavy (non-hydrogen) atoms. The van der Waals surface area contributed by atoms with Crippen molar-refractivity contribution in [3.63, 3.8) is 0 Å². The molecule has 1 aromatic carbocycles. The molecule has 0 radical (unpaired) electrons. The highest BCUT2D eigenvalue weighted by molar-refractivity contribution is 5.81. The highest BCUT2D eigenvalue weighted by atomic mass is 16.4. The highest BCUT2D eigenvalue weighted by Gasteiger charge is 2.09. The minimum absolute atomic E-state index is 0.145. The van der Waals surface area contributed by atoms with E-state index in [-0.39, 0.29) is 12.0 Å². The van der Waals surface area contributed by atoms with E-state index in [1.807, 2.05) is 6.07 Å². The van der Waals surface area contributed by atoms with Crippen molar-refractivity contribution >= 4 is 12.3 Å². The van der Waals surface area contributed by atoms with Gasteiger partial charge in [0.2, 0.25) is 0 Å². The van der Waals surface area contributed by atoms with Gasteiger partial charge in [-0.1, -0.05) is 6.07 Å². The Morgan fingerprint density at radius 2 is 2.27 bits per heavy atom. The van der Waals surface area contributed by atoms with Gasteiger partial charge in [-0.25, -0.2) is 0 Å². The average Bonchev–Trinajstić information content (AvgIpc) is 2.15. The van der Waals surface area contributed by atoms with Gasteiger partial charge in [-0.2, -0.15) is 5.26 Å². The largest absolute Gasteiger partial charge is 0.481 e. The number of nitriles is 1. The van der Waals surface area contributed by atoms with Gasteiger partial charge in [0.15, 0.2) is 6.29 Å². The lowest BCUT2D eigenvalue weighted by molar-refractivity contribution is -0.136. The van der Waals surface area contributed by atoms with Crippen molar-refractivity contribution in [2.75, 3.05) is 0 Å². The fourth-order valence-corrected chi connectivity index (χ4v) is 1.41. The molecule has 1 aromatic rings. The number of carboxylic acids is 1. The van der Waals surface area contributed by atoms with Crippen LogP contribution in [0.5, 0.6) is 0 Å². The van der Waals surface area contributed by atoms with Gasteiger partial charge in [0.1, 0.15) is 6.07 Å². The first kappa shape index (κ1) is 10.9. The lowest BCUT2D eigenvalue weighted by atomic mass is 9.98. The second-order valence-electron chi connectivity index (χ2n) is 3.18. The molecule has 76 valence electrons. The molecule has 0 fully saturated rings. The maximum atomic E-state index is 10.7. The van der Waals surface area contributed by atoms with Gasteiger partial charge in [-0.15, -0.1) is 0 Å². The number of rotatable bonds is 3. The number of carbonyl (C=O) groups excluding carboxylic acids is 1. The zero-order chi connectivity index (χ0) is 11.4. The quantitative estimate of drug-likeness (QED) is 0.751. The number of hydrogen-bond donors (Lipinski definition) is 1. The Labute approximate surface area is 86.8 Å². The number of carboxylic acid groups (broad SMARTS) is 1. The fraction of sp³-hybridized carbons (Fsp3) is 0.182. The van der Waals surface area contributed by atoms with E-state index in [0.29, 0.717) is 23.0 Å². The first-order valence-electron chi connectivity index (χ1n) is 4.29. The van der Waals surface area contributed by atoms with Crippen LogP contribution in [0.4, 0.5) is 0 Å². The van der Waals surface area contributed by atoms with Gasteiger partial charge in [-0.05, 0) is 24.1 Å². The lowest BCUT2D eigenvalue weighted by Crippen LogP contribution is -2.02. The van der Waals surface area contributed by atoms with Gasteiger partial charge in [-0.3, -0.25) is 9.59 Å². The maximum Gasteiger partial charge on any atom is 0.307 e. The Morgan fingerprint density at radius 1 is 1.60 bits per heavy atom. The molecule has 0 amide bonds. The third kappa shape index (κ3) is 2.41. The van der Waals surface area contributed by atoms with Crippen LogP contribution in [0, 0.1) is 18.3 Å². The Morgan fingerprint density at radius 3 is 2.73 bits per heavy atom. The number of nitrogens with zero attached hydrogens (tertiary/aromatic N) is 1. The molecule has 0 atom stereocenters. The zero-order valence-electron chi connectivity index (χ0n) is 8.15. The van der Waals surface area contributed by atoms with Crippen LogP contribution < -0.4 is 0 Å². The lowest BCUT2D eigenvalue weighted by Gasteiger charge is -2.04. The molecule has 0 aliphatic carbocycles. The normalized spacial score (nSPS) is 9.33.